The van der Waals surface area contributed by atoms with E-state index < -0.39 is 23.6 Å². The SMILES string of the molecule is CC1CC(c2cccc(-n3cc4c(C(F)(F)F)cc(CN5CCC(F)CC5)cn4c3=O)c2)(C2NNCN2C)C1. The van der Waals surface area contributed by atoms with Gasteiger partial charge < -0.3 is 0 Å². The van der Waals surface area contributed by atoms with Crippen molar-refractivity contribution < 1.29 is 17.6 Å². The normalized spacial score (nSPS) is 27.3. The minimum Gasteiger partial charge on any atom is -0.299 e. The summed E-state index contributed by atoms with van der Waals surface area (Å²) in [6.07, 6.45) is 0.00858. The van der Waals surface area contributed by atoms with Crippen molar-refractivity contribution in [2.24, 2.45) is 5.92 Å². The smallest absolute Gasteiger partial charge is 0.299 e. The molecule has 3 fully saturated rings. The second-order valence-electron chi connectivity index (χ2n) is 11.6. The zero-order chi connectivity index (χ0) is 27.5. The van der Waals surface area contributed by atoms with Gasteiger partial charge in [-0.2, -0.15) is 13.2 Å². The number of nitrogens with one attached hydrogen (secondary N) is 2. The van der Waals surface area contributed by atoms with E-state index in [2.05, 4.69) is 22.7 Å². The molecule has 0 amide bonds. The van der Waals surface area contributed by atoms with E-state index >= 15 is 0 Å². The summed E-state index contributed by atoms with van der Waals surface area (Å²) in [5.41, 5.74) is 6.80. The number of pyridine rings is 1. The predicted molar refractivity (Wildman–Crippen MR) is 140 cm³/mol. The van der Waals surface area contributed by atoms with Gasteiger partial charge in [-0.1, -0.05) is 19.1 Å². The number of benzene rings is 1. The summed E-state index contributed by atoms with van der Waals surface area (Å²) in [5.74, 6) is 0.549. The Kier molecular flexibility index (Phi) is 6.60. The van der Waals surface area contributed by atoms with Gasteiger partial charge in [0.2, 0.25) is 0 Å². The number of piperidine rings is 1. The number of hydrogen-bond acceptors (Lipinski definition) is 5. The summed E-state index contributed by atoms with van der Waals surface area (Å²) in [7, 11) is 2.05. The van der Waals surface area contributed by atoms with Gasteiger partial charge in [0, 0.05) is 37.4 Å². The molecule has 2 aromatic heterocycles. The molecule has 2 N–H and O–H groups in total. The molecule has 1 aliphatic carbocycles. The molecule has 7 nitrogen and oxygen atoms in total. The van der Waals surface area contributed by atoms with Gasteiger partial charge in [-0.05, 0) is 68.0 Å². The maximum absolute atomic E-state index is 14.2. The van der Waals surface area contributed by atoms with E-state index in [0.717, 1.165) is 28.9 Å². The van der Waals surface area contributed by atoms with Crippen LogP contribution in [0.2, 0.25) is 0 Å². The molecular formula is C28H34F4N6O. The first-order valence-electron chi connectivity index (χ1n) is 13.5. The first kappa shape index (κ1) is 26.5. The summed E-state index contributed by atoms with van der Waals surface area (Å²) in [6.45, 7) is 4.11. The van der Waals surface area contributed by atoms with Crippen LogP contribution < -0.4 is 16.5 Å². The number of rotatable bonds is 5. The van der Waals surface area contributed by atoms with Crippen LogP contribution in [0.4, 0.5) is 17.6 Å². The molecule has 11 heteroatoms. The van der Waals surface area contributed by atoms with Crippen LogP contribution in [0.5, 0.6) is 0 Å². The van der Waals surface area contributed by atoms with Gasteiger partial charge >= 0.3 is 11.9 Å². The third kappa shape index (κ3) is 4.69. The molecule has 2 saturated heterocycles. The lowest BCUT2D eigenvalue weighted by atomic mass is 9.57. The van der Waals surface area contributed by atoms with E-state index in [-0.39, 0.29) is 23.6 Å². The van der Waals surface area contributed by atoms with Gasteiger partial charge in [0.25, 0.3) is 0 Å². The van der Waals surface area contributed by atoms with E-state index in [1.807, 2.05) is 30.1 Å². The summed E-state index contributed by atoms with van der Waals surface area (Å²) >= 11 is 0. The van der Waals surface area contributed by atoms with Crippen LogP contribution in [0, 0.1) is 5.92 Å². The lowest BCUT2D eigenvalue weighted by molar-refractivity contribution is -0.136. The molecule has 0 spiro atoms. The lowest BCUT2D eigenvalue weighted by Gasteiger charge is -2.52. The Morgan fingerprint density at radius 2 is 1.85 bits per heavy atom. The average Bonchev–Trinajstić information content (AvgIpc) is 3.45. The number of hydrazine groups is 1. The maximum atomic E-state index is 14.2. The Labute approximate surface area is 224 Å². The second-order valence-corrected chi connectivity index (χ2v) is 11.6. The molecule has 210 valence electrons. The first-order valence-corrected chi connectivity index (χ1v) is 13.5. The fourth-order valence-electron chi connectivity index (χ4n) is 6.86. The number of likely N-dealkylation sites (tertiary alicyclic amines) is 1. The van der Waals surface area contributed by atoms with Crippen molar-refractivity contribution in [1.29, 1.82) is 0 Å². The molecule has 3 aliphatic rings. The van der Waals surface area contributed by atoms with Crippen molar-refractivity contribution in [3.63, 3.8) is 0 Å². The minimum absolute atomic E-state index is 0.0654. The van der Waals surface area contributed by atoms with Crippen LogP contribution in [0.15, 0.2) is 47.5 Å². The highest BCUT2D eigenvalue weighted by atomic mass is 19.4. The minimum atomic E-state index is -4.63. The van der Waals surface area contributed by atoms with E-state index in [4.69, 9.17) is 0 Å². The van der Waals surface area contributed by atoms with E-state index in [1.165, 1.54) is 17.0 Å². The molecule has 39 heavy (non-hydrogen) atoms. The molecule has 6 rings (SSSR count). The van der Waals surface area contributed by atoms with E-state index in [1.54, 1.807) is 6.07 Å². The number of likely N-dealkylation sites (N-methyl/N-ethyl adjacent to an activating group) is 1. The van der Waals surface area contributed by atoms with Crippen LogP contribution in [-0.2, 0) is 18.1 Å². The number of nitrogens with zero attached hydrogens (tertiary/aromatic N) is 4. The van der Waals surface area contributed by atoms with Crippen LogP contribution in [-0.4, -0.2) is 57.9 Å². The van der Waals surface area contributed by atoms with Crippen LogP contribution in [0.3, 0.4) is 0 Å². The molecule has 1 unspecified atom stereocenters. The Hall–Kier alpha value is -2.73. The zero-order valence-corrected chi connectivity index (χ0v) is 22.1. The molecular weight excluding hydrogens is 512 g/mol. The second kappa shape index (κ2) is 9.72. The van der Waals surface area contributed by atoms with Crippen molar-refractivity contribution >= 4 is 5.52 Å². The molecule has 1 aromatic carbocycles. The molecule has 3 aromatic rings. The van der Waals surface area contributed by atoms with E-state index in [0.29, 0.717) is 49.8 Å². The van der Waals surface area contributed by atoms with Gasteiger partial charge in [-0.15, -0.1) is 0 Å². The Balaban J connectivity index is 1.40. The predicted octanol–water partition coefficient (Wildman–Crippen LogP) is 4.03. The highest BCUT2D eigenvalue weighted by molar-refractivity contribution is 5.58. The van der Waals surface area contributed by atoms with Crippen LogP contribution in [0.25, 0.3) is 11.2 Å². The van der Waals surface area contributed by atoms with Crippen molar-refractivity contribution in [2.45, 2.75) is 63.1 Å². The molecule has 2 aliphatic heterocycles. The highest BCUT2D eigenvalue weighted by Gasteiger charge is 2.52. The molecule has 0 bridgehead atoms. The lowest BCUT2D eigenvalue weighted by Crippen LogP contribution is -2.58. The van der Waals surface area contributed by atoms with Crippen molar-refractivity contribution in [3.8, 4) is 5.69 Å². The van der Waals surface area contributed by atoms with Gasteiger partial charge in [-0.3, -0.25) is 18.8 Å². The zero-order valence-electron chi connectivity index (χ0n) is 22.1. The van der Waals surface area contributed by atoms with Crippen LogP contribution in [0.1, 0.15) is 49.3 Å². The number of imidazole rings is 1. The van der Waals surface area contributed by atoms with Gasteiger partial charge in [0.1, 0.15) is 6.17 Å². The Morgan fingerprint density at radius 1 is 1.10 bits per heavy atom. The topological polar surface area (TPSA) is 57.0 Å². The number of aromatic nitrogens is 2. The Morgan fingerprint density at radius 3 is 2.49 bits per heavy atom. The number of alkyl halides is 4. The summed E-state index contributed by atoms with van der Waals surface area (Å²) < 4.78 is 58.5. The standard InChI is InChI=1S/C28H34F4N6O/c1-18-12-27(13-18,25-34-33-17-35(25)2)20-4-3-5-22(11-20)37-16-24-23(28(30,31)32)10-19(15-38(24)26(37)39)14-36-8-6-21(29)7-9-36/h3-5,10-11,15-16,18,21,25,33-34H,6-9,12-14,17H2,1-2H3. The van der Waals surface area contributed by atoms with Crippen molar-refractivity contribution in [2.75, 3.05) is 26.8 Å². The van der Waals surface area contributed by atoms with Crippen molar-refractivity contribution in [3.05, 3.63) is 69.9 Å². The monoisotopic (exact) mass is 546 g/mol. The fourth-order valence-corrected chi connectivity index (χ4v) is 6.86. The van der Waals surface area contributed by atoms with Gasteiger partial charge in [0.05, 0.1) is 29.6 Å². The van der Waals surface area contributed by atoms with Gasteiger partial charge in [-0.25, -0.2) is 20.0 Å². The van der Waals surface area contributed by atoms with E-state index in [9.17, 15) is 22.4 Å². The third-order valence-electron chi connectivity index (χ3n) is 8.71. The maximum Gasteiger partial charge on any atom is 0.418 e. The molecule has 4 heterocycles. The highest BCUT2D eigenvalue weighted by Crippen LogP contribution is 2.51. The summed E-state index contributed by atoms with van der Waals surface area (Å²) in [5, 5.41) is 0. The average molecular weight is 547 g/mol. The summed E-state index contributed by atoms with van der Waals surface area (Å²) in [4.78, 5) is 17.7. The summed E-state index contributed by atoms with van der Waals surface area (Å²) in [6, 6.07) is 8.74. The van der Waals surface area contributed by atoms with Crippen molar-refractivity contribution in [1.82, 2.24) is 29.6 Å². The number of hydrogen-bond donors (Lipinski definition) is 2. The first-order chi connectivity index (χ1) is 18.5. The third-order valence-corrected chi connectivity index (χ3v) is 8.71. The Bertz CT molecular complexity index is 1420. The van der Waals surface area contributed by atoms with Gasteiger partial charge in [0.15, 0.2) is 0 Å². The molecule has 0 radical (unpaired) electrons. The number of halogens is 4. The quantitative estimate of drug-likeness (QED) is 0.474. The van der Waals surface area contributed by atoms with Crippen LogP contribution >= 0.6 is 0 Å². The fraction of sp³-hybridized carbons (Fsp3) is 0.536. The largest absolute Gasteiger partial charge is 0.418 e. The number of fused-ring (bicyclic) bond motifs is 1. The molecule has 1 atom stereocenters. The molecule has 1 saturated carbocycles.